The summed E-state index contributed by atoms with van der Waals surface area (Å²) in [6.07, 6.45) is 2.23. The van der Waals surface area contributed by atoms with Crippen LogP contribution in [0.2, 0.25) is 0 Å². The highest BCUT2D eigenvalue weighted by Gasteiger charge is 2.23. The Hall–Kier alpha value is -1.20. The zero-order valence-corrected chi connectivity index (χ0v) is 9.87. The van der Waals surface area contributed by atoms with Crippen LogP contribution in [0.25, 0.3) is 10.2 Å². The van der Waals surface area contributed by atoms with Crippen LogP contribution < -0.4 is 4.90 Å². The quantitative estimate of drug-likeness (QED) is 0.815. The molecule has 0 aromatic carbocycles. The van der Waals surface area contributed by atoms with Crippen molar-refractivity contribution in [3.05, 3.63) is 17.3 Å². The number of aromatic nitrogens is 2. The first-order valence-corrected chi connectivity index (χ1v) is 6.25. The summed E-state index contributed by atoms with van der Waals surface area (Å²) in [6.45, 7) is 3.63. The van der Waals surface area contributed by atoms with E-state index in [2.05, 4.69) is 27.2 Å². The van der Waals surface area contributed by atoms with Crippen molar-refractivity contribution in [2.45, 2.75) is 19.4 Å². The summed E-state index contributed by atoms with van der Waals surface area (Å²) in [6, 6.07) is 0. The predicted octanol–water partition coefficient (Wildman–Crippen LogP) is 1.57. The Kier molecular flexibility index (Phi) is 2.29. The molecule has 0 radical (unpaired) electrons. The first kappa shape index (κ1) is 9.99. The second-order valence-electron chi connectivity index (χ2n) is 4.18. The van der Waals surface area contributed by atoms with Gasteiger partial charge < -0.3 is 10.0 Å². The lowest BCUT2D eigenvalue weighted by Crippen LogP contribution is -2.22. The van der Waals surface area contributed by atoms with Gasteiger partial charge in [-0.2, -0.15) is 0 Å². The number of anilines is 1. The molecule has 0 spiro atoms. The molecule has 0 saturated carbocycles. The minimum absolute atomic E-state index is 0.217. The highest BCUT2D eigenvalue weighted by atomic mass is 32.1. The van der Waals surface area contributed by atoms with Crippen molar-refractivity contribution in [1.82, 2.24) is 9.97 Å². The number of fused-ring (bicyclic) bond motifs is 1. The third kappa shape index (κ3) is 1.47. The monoisotopic (exact) mass is 235 g/mol. The fraction of sp³-hybridized carbons (Fsp3) is 0.455. The molecule has 1 saturated heterocycles. The Morgan fingerprint density at radius 2 is 2.38 bits per heavy atom. The summed E-state index contributed by atoms with van der Waals surface area (Å²) < 4.78 is 1.13. The Bertz CT molecular complexity index is 525. The maximum absolute atomic E-state index is 9.56. The van der Waals surface area contributed by atoms with Gasteiger partial charge in [0, 0.05) is 13.1 Å². The van der Waals surface area contributed by atoms with Crippen molar-refractivity contribution in [3.63, 3.8) is 0 Å². The summed E-state index contributed by atoms with van der Waals surface area (Å²) in [5.74, 6) is 0.972. The van der Waals surface area contributed by atoms with Crippen LogP contribution in [-0.2, 0) is 0 Å². The lowest BCUT2D eigenvalue weighted by molar-refractivity contribution is 0.198. The van der Waals surface area contributed by atoms with E-state index in [1.54, 1.807) is 17.7 Å². The highest BCUT2D eigenvalue weighted by Crippen LogP contribution is 2.32. The van der Waals surface area contributed by atoms with E-state index in [4.69, 9.17) is 0 Å². The van der Waals surface area contributed by atoms with Gasteiger partial charge in [0.2, 0.25) is 0 Å². The molecule has 0 aliphatic carbocycles. The minimum atomic E-state index is -0.217. The van der Waals surface area contributed by atoms with Crippen molar-refractivity contribution in [2.24, 2.45) is 0 Å². The molecule has 16 heavy (non-hydrogen) atoms. The fourth-order valence-corrected chi connectivity index (χ4v) is 3.14. The number of β-amino-alcohol motifs (C(OH)–C–C–N with tert-alkyl or cyclic N) is 1. The van der Waals surface area contributed by atoms with Gasteiger partial charge in [0.15, 0.2) is 0 Å². The van der Waals surface area contributed by atoms with Gasteiger partial charge in [-0.1, -0.05) is 0 Å². The average molecular weight is 235 g/mol. The number of aliphatic hydroxyl groups is 1. The molecular formula is C11H13N3OS. The number of hydrogen-bond donors (Lipinski definition) is 1. The maximum atomic E-state index is 9.56. The van der Waals surface area contributed by atoms with E-state index < -0.39 is 0 Å². The largest absolute Gasteiger partial charge is 0.391 e. The van der Waals surface area contributed by atoms with Crippen LogP contribution in [-0.4, -0.2) is 34.3 Å². The van der Waals surface area contributed by atoms with E-state index in [0.29, 0.717) is 6.54 Å². The summed E-state index contributed by atoms with van der Waals surface area (Å²) in [4.78, 5) is 10.8. The van der Waals surface area contributed by atoms with Crippen LogP contribution in [0, 0.1) is 6.92 Å². The Morgan fingerprint density at radius 3 is 3.12 bits per heavy atom. The van der Waals surface area contributed by atoms with Crippen molar-refractivity contribution in [1.29, 1.82) is 0 Å². The fourth-order valence-electron chi connectivity index (χ4n) is 2.12. The van der Waals surface area contributed by atoms with Crippen molar-refractivity contribution in [2.75, 3.05) is 18.0 Å². The first-order chi connectivity index (χ1) is 7.75. The summed E-state index contributed by atoms with van der Waals surface area (Å²) in [5, 5.41) is 11.7. The molecule has 5 heteroatoms. The van der Waals surface area contributed by atoms with Gasteiger partial charge in [0.1, 0.15) is 12.1 Å². The number of aryl methyl sites for hydroxylation is 1. The molecule has 0 amide bonds. The summed E-state index contributed by atoms with van der Waals surface area (Å²) in [7, 11) is 0. The topological polar surface area (TPSA) is 49.2 Å². The van der Waals surface area contributed by atoms with E-state index in [9.17, 15) is 5.11 Å². The second kappa shape index (κ2) is 3.68. The van der Waals surface area contributed by atoms with Crippen LogP contribution in [0.5, 0.6) is 0 Å². The molecule has 1 aliphatic heterocycles. The molecule has 1 unspecified atom stereocenters. The van der Waals surface area contributed by atoms with Gasteiger partial charge in [0.05, 0.1) is 16.3 Å². The van der Waals surface area contributed by atoms with Crippen molar-refractivity contribution >= 4 is 27.4 Å². The minimum Gasteiger partial charge on any atom is -0.391 e. The van der Waals surface area contributed by atoms with Crippen LogP contribution in [0.4, 0.5) is 5.82 Å². The summed E-state index contributed by atoms with van der Waals surface area (Å²) in [5.41, 5.74) is 2.24. The lowest BCUT2D eigenvalue weighted by atomic mass is 10.3. The number of nitrogens with zero attached hydrogens (tertiary/aromatic N) is 3. The maximum Gasteiger partial charge on any atom is 0.150 e. The van der Waals surface area contributed by atoms with Gasteiger partial charge in [-0.25, -0.2) is 9.97 Å². The molecule has 2 aromatic rings. The van der Waals surface area contributed by atoms with E-state index in [1.165, 1.54) is 5.56 Å². The molecule has 84 valence electrons. The molecule has 0 bridgehead atoms. The van der Waals surface area contributed by atoms with E-state index in [1.807, 2.05) is 0 Å². The zero-order chi connectivity index (χ0) is 11.1. The van der Waals surface area contributed by atoms with E-state index in [0.717, 1.165) is 29.0 Å². The van der Waals surface area contributed by atoms with Gasteiger partial charge in [-0.15, -0.1) is 11.3 Å². The van der Waals surface area contributed by atoms with Crippen LogP contribution in [0.15, 0.2) is 11.7 Å². The van der Waals surface area contributed by atoms with Crippen LogP contribution >= 0.6 is 11.3 Å². The van der Waals surface area contributed by atoms with E-state index >= 15 is 0 Å². The molecule has 1 N–H and O–H groups in total. The number of rotatable bonds is 1. The smallest absolute Gasteiger partial charge is 0.150 e. The first-order valence-electron chi connectivity index (χ1n) is 5.37. The highest BCUT2D eigenvalue weighted by molar-refractivity contribution is 7.18. The third-order valence-electron chi connectivity index (χ3n) is 2.98. The Balaban J connectivity index is 2.09. The second-order valence-corrected chi connectivity index (χ2v) is 5.06. The molecule has 2 aromatic heterocycles. The molecular weight excluding hydrogens is 222 g/mol. The van der Waals surface area contributed by atoms with Crippen LogP contribution in [0.3, 0.4) is 0 Å². The van der Waals surface area contributed by atoms with Crippen molar-refractivity contribution < 1.29 is 5.11 Å². The number of hydrogen-bond acceptors (Lipinski definition) is 5. The van der Waals surface area contributed by atoms with Gasteiger partial charge >= 0.3 is 0 Å². The molecule has 4 nitrogen and oxygen atoms in total. The summed E-state index contributed by atoms with van der Waals surface area (Å²) >= 11 is 1.68. The number of aliphatic hydroxyl groups excluding tert-OH is 1. The number of thiophene rings is 1. The predicted molar refractivity (Wildman–Crippen MR) is 65.0 cm³/mol. The SMILES string of the molecule is Cc1csc2c(N3CCC(O)C3)ncnc12. The molecule has 3 heterocycles. The normalized spacial score (nSPS) is 20.9. The van der Waals surface area contributed by atoms with Gasteiger partial charge in [-0.3, -0.25) is 0 Å². The Labute approximate surface area is 97.6 Å². The van der Waals surface area contributed by atoms with E-state index in [-0.39, 0.29) is 6.10 Å². The molecule has 3 rings (SSSR count). The Morgan fingerprint density at radius 1 is 1.50 bits per heavy atom. The lowest BCUT2D eigenvalue weighted by Gasteiger charge is -2.16. The average Bonchev–Trinajstić information content (AvgIpc) is 2.86. The molecule has 1 aliphatic rings. The third-order valence-corrected chi connectivity index (χ3v) is 4.06. The van der Waals surface area contributed by atoms with Crippen molar-refractivity contribution in [3.8, 4) is 0 Å². The van der Waals surface area contributed by atoms with Gasteiger partial charge in [0.25, 0.3) is 0 Å². The van der Waals surface area contributed by atoms with Gasteiger partial charge in [-0.05, 0) is 24.3 Å². The zero-order valence-electron chi connectivity index (χ0n) is 9.05. The molecule has 1 atom stereocenters. The molecule has 1 fully saturated rings. The standard InChI is InChI=1S/C11H13N3OS/c1-7-5-16-10-9(7)12-6-13-11(10)14-3-2-8(15)4-14/h5-6,8,15H,2-4H2,1H3. The van der Waals surface area contributed by atoms with Crippen LogP contribution in [0.1, 0.15) is 12.0 Å².